The summed E-state index contributed by atoms with van der Waals surface area (Å²) in [6.45, 7) is 5.43. The molecule has 6 nitrogen and oxygen atoms in total. The van der Waals surface area contributed by atoms with Crippen molar-refractivity contribution < 1.29 is 9.53 Å². The van der Waals surface area contributed by atoms with Gasteiger partial charge in [-0.1, -0.05) is 5.18 Å². The fraction of sp³-hybridized carbons (Fsp3) is 0.412. The molecule has 134 valence electrons. The molecule has 2 aromatic rings. The predicted octanol–water partition coefficient (Wildman–Crippen LogP) is 4.03. The van der Waals surface area contributed by atoms with Gasteiger partial charge >= 0.3 is 0 Å². The van der Waals surface area contributed by atoms with E-state index in [1.807, 2.05) is 25.1 Å². The molecule has 0 saturated heterocycles. The van der Waals surface area contributed by atoms with E-state index < -0.39 is 11.0 Å². The normalized spacial score (nSPS) is 12.7. The molecule has 1 N–H and O–H groups in total. The number of ether oxygens (including phenoxy) is 1. The predicted molar refractivity (Wildman–Crippen MR) is 105 cm³/mol. The number of fused-ring (bicyclic) bond motifs is 1. The van der Waals surface area contributed by atoms with Crippen LogP contribution in [0.15, 0.2) is 34.0 Å². The molecule has 0 saturated carbocycles. The number of thioether (sulfide) groups is 1. The third-order valence-electron chi connectivity index (χ3n) is 3.51. The molecular formula is C17H20BrN3O3S. The van der Waals surface area contributed by atoms with E-state index in [2.05, 4.69) is 31.4 Å². The van der Waals surface area contributed by atoms with Gasteiger partial charge < -0.3 is 10.1 Å². The van der Waals surface area contributed by atoms with Crippen molar-refractivity contribution in [2.45, 2.75) is 31.7 Å². The zero-order valence-electron chi connectivity index (χ0n) is 14.5. The number of nitroso groups, excluding NO2 is 1. The van der Waals surface area contributed by atoms with Crippen molar-refractivity contribution in [1.82, 2.24) is 10.3 Å². The van der Waals surface area contributed by atoms with Gasteiger partial charge in [0.2, 0.25) is 5.44 Å². The third-order valence-corrected chi connectivity index (χ3v) is 4.68. The number of carbonyl (C=O) groups is 1. The van der Waals surface area contributed by atoms with Crippen LogP contribution in [0.5, 0.6) is 5.75 Å². The minimum Gasteiger partial charge on any atom is -0.470 e. The Bertz CT molecular complexity index is 798. The molecule has 0 spiro atoms. The first kappa shape index (κ1) is 19.7. The van der Waals surface area contributed by atoms with Crippen LogP contribution in [-0.4, -0.2) is 34.7 Å². The van der Waals surface area contributed by atoms with Crippen molar-refractivity contribution in [2.75, 3.05) is 12.8 Å². The summed E-state index contributed by atoms with van der Waals surface area (Å²) in [5.41, 5.74) is 0.400. The number of hydrogen-bond donors (Lipinski definition) is 1. The second kappa shape index (κ2) is 8.14. The molecule has 0 aliphatic carbocycles. The van der Waals surface area contributed by atoms with Gasteiger partial charge in [-0.3, -0.25) is 9.78 Å². The zero-order valence-corrected chi connectivity index (χ0v) is 16.9. The first-order valence-corrected chi connectivity index (χ1v) is 9.70. The Labute approximate surface area is 159 Å². The van der Waals surface area contributed by atoms with Gasteiger partial charge in [0, 0.05) is 16.1 Å². The number of halogens is 1. The largest absolute Gasteiger partial charge is 0.470 e. The van der Waals surface area contributed by atoms with Gasteiger partial charge in [-0.25, -0.2) is 0 Å². The highest BCUT2D eigenvalue weighted by Crippen LogP contribution is 2.27. The van der Waals surface area contributed by atoms with Gasteiger partial charge in [0.1, 0.15) is 12.3 Å². The lowest BCUT2D eigenvalue weighted by molar-refractivity contribution is -0.126. The molecule has 0 aliphatic rings. The van der Waals surface area contributed by atoms with Crippen LogP contribution in [0, 0.1) is 11.8 Å². The number of aromatic nitrogens is 1. The average molecular weight is 426 g/mol. The summed E-state index contributed by atoms with van der Waals surface area (Å²) in [6.07, 6.45) is 3.54. The Morgan fingerprint density at radius 1 is 1.44 bits per heavy atom. The molecule has 0 fully saturated rings. The molecule has 0 bridgehead atoms. The maximum atomic E-state index is 12.5. The van der Waals surface area contributed by atoms with E-state index in [0.29, 0.717) is 5.75 Å². The fourth-order valence-corrected chi connectivity index (χ4v) is 3.19. The lowest BCUT2D eigenvalue weighted by Gasteiger charge is -2.26. The second-order valence-corrected chi connectivity index (χ2v) is 8.13. The van der Waals surface area contributed by atoms with Gasteiger partial charge in [0.05, 0.1) is 11.1 Å². The van der Waals surface area contributed by atoms with E-state index in [0.717, 1.165) is 20.9 Å². The van der Waals surface area contributed by atoms with Crippen LogP contribution in [0.3, 0.4) is 0 Å². The molecule has 1 amide bonds. The van der Waals surface area contributed by atoms with Crippen LogP contribution in [-0.2, 0) is 4.79 Å². The van der Waals surface area contributed by atoms with Crippen molar-refractivity contribution in [3.8, 4) is 5.75 Å². The number of benzene rings is 1. The molecule has 1 aromatic heterocycles. The number of pyridine rings is 1. The van der Waals surface area contributed by atoms with E-state index in [1.54, 1.807) is 26.3 Å². The SMILES string of the molecule is CSC(Oc1cc(C)c2ncc(Br)cc2c1)C(=O)NC(C)(C)CN=O. The monoisotopic (exact) mass is 425 g/mol. The number of carbonyl (C=O) groups excluding carboxylic acids is 1. The topological polar surface area (TPSA) is 80.7 Å². The molecule has 8 heteroatoms. The Morgan fingerprint density at radius 2 is 2.16 bits per heavy atom. The maximum absolute atomic E-state index is 12.5. The molecule has 1 aromatic carbocycles. The molecule has 1 atom stereocenters. The van der Waals surface area contributed by atoms with E-state index in [9.17, 15) is 9.70 Å². The second-order valence-electron chi connectivity index (χ2n) is 6.31. The van der Waals surface area contributed by atoms with Crippen LogP contribution in [0.2, 0.25) is 0 Å². The summed E-state index contributed by atoms with van der Waals surface area (Å²) >= 11 is 4.69. The number of aryl methyl sites for hydroxylation is 1. The zero-order chi connectivity index (χ0) is 18.6. The van der Waals surface area contributed by atoms with E-state index in [1.165, 1.54) is 11.8 Å². The Kier molecular flexibility index (Phi) is 6.40. The molecule has 1 heterocycles. The highest BCUT2D eigenvalue weighted by Gasteiger charge is 2.27. The maximum Gasteiger partial charge on any atom is 0.272 e. The first-order chi connectivity index (χ1) is 11.8. The minimum absolute atomic E-state index is 0.00534. The van der Waals surface area contributed by atoms with Crippen LogP contribution in [0.25, 0.3) is 10.9 Å². The number of nitrogens with zero attached hydrogens (tertiary/aromatic N) is 2. The Morgan fingerprint density at radius 3 is 2.80 bits per heavy atom. The van der Waals surface area contributed by atoms with Crippen molar-refractivity contribution in [2.24, 2.45) is 5.18 Å². The molecular weight excluding hydrogens is 406 g/mol. The van der Waals surface area contributed by atoms with E-state index in [4.69, 9.17) is 4.74 Å². The van der Waals surface area contributed by atoms with Crippen LogP contribution in [0.1, 0.15) is 19.4 Å². The summed E-state index contributed by atoms with van der Waals surface area (Å²) in [7, 11) is 0. The summed E-state index contributed by atoms with van der Waals surface area (Å²) in [4.78, 5) is 27.3. The van der Waals surface area contributed by atoms with E-state index in [-0.39, 0.29) is 12.5 Å². The molecule has 2 rings (SSSR count). The summed E-state index contributed by atoms with van der Waals surface area (Å²) in [5, 5.41) is 6.58. The smallest absolute Gasteiger partial charge is 0.272 e. The lowest BCUT2D eigenvalue weighted by Crippen LogP contribution is -2.50. The van der Waals surface area contributed by atoms with Gasteiger partial charge in [-0.05, 0) is 66.7 Å². The van der Waals surface area contributed by atoms with Crippen molar-refractivity contribution in [3.05, 3.63) is 39.3 Å². The average Bonchev–Trinajstić information content (AvgIpc) is 2.51. The highest BCUT2D eigenvalue weighted by molar-refractivity contribution is 9.10. The molecule has 0 aliphatic heterocycles. The number of amides is 1. The number of rotatable bonds is 7. The first-order valence-electron chi connectivity index (χ1n) is 7.62. The Hall–Kier alpha value is -1.67. The summed E-state index contributed by atoms with van der Waals surface area (Å²) < 4.78 is 6.75. The molecule has 1 unspecified atom stereocenters. The van der Waals surface area contributed by atoms with Crippen LogP contribution >= 0.6 is 27.7 Å². The number of hydrogen-bond acceptors (Lipinski definition) is 6. The highest BCUT2D eigenvalue weighted by atomic mass is 79.9. The number of nitrogens with one attached hydrogen (secondary N) is 1. The standard InChI is InChI=1S/C17H20BrN3O3S/c1-10-5-13(7-11-6-12(18)8-19-14(10)11)24-16(25-4)15(22)21-17(2,3)9-20-23/h5-8,16H,9H2,1-4H3,(H,21,22). The van der Waals surface area contributed by atoms with Gasteiger partial charge in [-0.15, -0.1) is 11.8 Å². The molecule has 0 radical (unpaired) electrons. The lowest BCUT2D eigenvalue weighted by atomic mass is 10.1. The van der Waals surface area contributed by atoms with Crippen molar-refractivity contribution in [3.63, 3.8) is 0 Å². The molecule has 25 heavy (non-hydrogen) atoms. The van der Waals surface area contributed by atoms with Crippen molar-refractivity contribution in [1.29, 1.82) is 0 Å². The third kappa shape index (κ3) is 5.15. The summed E-state index contributed by atoms with van der Waals surface area (Å²) in [6, 6.07) is 5.67. The summed E-state index contributed by atoms with van der Waals surface area (Å²) in [5.74, 6) is 0.289. The van der Waals surface area contributed by atoms with Gasteiger partial charge in [0.25, 0.3) is 5.91 Å². The van der Waals surface area contributed by atoms with Crippen LogP contribution in [0.4, 0.5) is 0 Å². The van der Waals surface area contributed by atoms with Crippen LogP contribution < -0.4 is 10.1 Å². The van der Waals surface area contributed by atoms with Gasteiger partial charge in [0.15, 0.2) is 0 Å². The van der Waals surface area contributed by atoms with Gasteiger partial charge in [-0.2, -0.15) is 4.91 Å². The fourth-order valence-electron chi connectivity index (χ4n) is 2.36. The quantitative estimate of drug-likeness (QED) is 0.534. The van der Waals surface area contributed by atoms with E-state index >= 15 is 0 Å². The minimum atomic E-state index is -0.733. The van der Waals surface area contributed by atoms with Crippen molar-refractivity contribution >= 4 is 44.5 Å². The Balaban J connectivity index is 2.22.